The molecule has 0 radical (unpaired) electrons. The molecule has 0 saturated carbocycles. The van der Waals surface area contributed by atoms with Crippen molar-refractivity contribution >= 4 is 33.3 Å². The zero-order chi connectivity index (χ0) is 37.3. The van der Waals surface area contributed by atoms with E-state index < -0.39 is 6.17 Å². The Morgan fingerprint density at radius 1 is 0.375 bits per heavy atom. The fourth-order valence-electron chi connectivity index (χ4n) is 7.70. The molecule has 8 aromatic carbocycles. The van der Waals surface area contributed by atoms with E-state index in [1.165, 1.54) is 11.1 Å². The number of rotatable bonds is 7. The summed E-state index contributed by atoms with van der Waals surface area (Å²) in [5, 5.41) is 7.00. The van der Waals surface area contributed by atoms with Crippen LogP contribution >= 0.6 is 0 Å². The van der Waals surface area contributed by atoms with Gasteiger partial charge in [-0.05, 0) is 56.3 Å². The highest BCUT2D eigenvalue weighted by atomic mass is 15.2. The smallest absolute Gasteiger partial charge is 0.171 e. The van der Waals surface area contributed by atoms with Crippen LogP contribution in [0, 0.1) is 0 Å². The van der Waals surface area contributed by atoms with Gasteiger partial charge in [0.25, 0.3) is 0 Å². The fourth-order valence-corrected chi connectivity index (χ4v) is 7.70. The first-order chi connectivity index (χ1) is 27.7. The second-order valence-corrected chi connectivity index (χ2v) is 14.0. The molecular formula is C52H36N4. The molecule has 56 heavy (non-hydrogen) atoms. The molecule has 0 saturated heterocycles. The summed E-state index contributed by atoms with van der Waals surface area (Å²) < 4.78 is 0. The van der Waals surface area contributed by atoms with Crippen LogP contribution in [-0.2, 0) is 0 Å². The normalized spacial score (nSPS) is 12.9. The average molecular weight is 717 g/mol. The lowest BCUT2D eigenvalue weighted by Crippen LogP contribution is -2.36. The van der Waals surface area contributed by atoms with Crippen molar-refractivity contribution in [1.82, 2.24) is 10.3 Å². The van der Waals surface area contributed by atoms with E-state index in [-0.39, 0.29) is 0 Å². The number of nitrogens with one attached hydrogen (secondary N) is 1. The fraction of sp³-hybridized carbons (Fsp3) is 0.0192. The lowest BCUT2D eigenvalue weighted by atomic mass is 9.91. The van der Waals surface area contributed by atoms with Gasteiger partial charge in [0.05, 0.1) is 11.2 Å². The first-order valence-electron chi connectivity index (χ1n) is 19.0. The van der Waals surface area contributed by atoms with Crippen LogP contribution in [0.1, 0.15) is 22.9 Å². The molecular weight excluding hydrogens is 681 g/mol. The van der Waals surface area contributed by atoms with Crippen molar-refractivity contribution in [2.75, 3.05) is 0 Å². The number of aliphatic imine (C=N–C) groups is 2. The van der Waals surface area contributed by atoms with Gasteiger partial charge in [-0.3, -0.25) is 0 Å². The minimum Gasteiger partial charge on any atom is -0.324 e. The predicted molar refractivity (Wildman–Crippen MR) is 233 cm³/mol. The number of hydrogen-bond donors (Lipinski definition) is 1. The van der Waals surface area contributed by atoms with Crippen molar-refractivity contribution in [3.8, 4) is 44.6 Å². The number of nitrogens with zero attached hydrogens (tertiary/aromatic N) is 3. The van der Waals surface area contributed by atoms with Crippen molar-refractivity contribution < 1.29 is 0 Å². The van der Waals surface area contributed by atoms with Crippen molar-refractivity contribution in [3.05, 3.63) is 223 Å². The van der Waals surface area contributed by atoms with Crippen LogP contribution in [0.5, 0.6) is 0 Å². The predicted octanol–water partition coefficient (Wildman–Crippen LogP) is 12.6. The van der Waals surface area contributed by atoms with Crippen molar-refractivity contribution in [1.29, 1.82) is 0 Å². The van der Waals surface area contributed by atoms with Gasteiger partial charge in [-0.15, -0.1) is 0 Å². The van der Waals surface area contributed by atoms with E-state index in [0.717, 1.165) is 83.5 Å². The zero-order valence-electron chi connectivity index (χ0n) is 30.5. The van der Waals surface area contributed by atoms with Crippen LogP contribution in [0.3, 0.4) is 0 Å². The molecule has 1 aliphatic rings. The second kappa shape index (κ2) is 14.4. The quantitative estimate of drug-likeness (QED) is 0.167. The Kier molecular flexibility index (Phi) is 8.54. The Labute approximate surface area is 326 Å². The van der Waals surface area contributed by atoms with Gasteiger partial charge < -0.3 is 5.32 Å². The number of aromatic nitrogens is 1. The molecule has 0 amide bonds. The van der Waals surface area contributed by atoms with Crippen LogP contribution in [0.15, 0.2) is 216 Å². The third kappa shape index (κ3) is 6.33. The summed E-state index contributed by atoms with van der Waals surface area (Å²) in [6.45, 7) is 0. The summed E-state index contributed by atoms with van der Waals surface area (Å²) in [5.74, 6) is 1.52. The van der Waals surface area contributed by atoms with Crippen LogP contribution in [-0.4, -0.2) is 16.7 Å². The number of hydrogen-bond acceptors (Lipinski definition) is 4. The van der Waals surface area contributed by atoms with Gasteiger partial charge in [0.1, 0.15) is 11.7 Å². The molecule has 1 aliphatic heterocycles. The Morgan fingerprint density at radius 3 is 1.34 bits per heavy atom. The Bertz CT molecular complexity index is 2790. The molecule has 1 aromatic heterocycles. The number of pyridine rings is 1. The maximum Gasteiger partial charge on any atom is 0.171 e. The van der Waals surface area contributed by atoms with Crippen molar-refractivity contribution in [2.24, 2.45) is 9.98 Å². The van der Waals surface area contributed by atoms with Crippen LogP contribution in [0.25, 0.3) is 66.3 Å². The van der Waals surface area contributed by atoms with Gasteiger partial charge in [0, 0.05) is 27.6 Å². The Hall–Kier alpha value is -7.43. The van der Waals surface area contributed by atoms with Gasteiger partial charge >= 0.3 is 0 Å². The largest absolute Gasteiger partial charge is 0.324 e. The Morgan fingerprint density at radius 2 is 0.804 bits per heavy atom. The second-order valence-electron chi connectivity index (χ2n) is 14.0. The maximum atomic E-state index is 5.48. The maximum absolute atomic E-state index is 5.48. The summed E-state index contributed by atoms with van der Waals surface area (Å²) in [5.41, 5.74) is 12.7. The van der Waals surface area contributed by atoms with E-state index in [4.69, 9.17) is 15.0 Å². The molecule has 9 aromatic rings. The molecule has 10 rings (SSSR count). The summed E-state index contributed by atoms with van der Waals surface area (Å²) in [6.07, 6.45) is -0.571. The topological polar surface area (TPSA) is 49.6 Å². The highest BCUT2D eigenvalue weighted by molar-refractivity contribution is 6.18. The molecule has 0 unspecified atom stereocenters. The van der Waals surface area contributed by atoms with Gasteiger partial charge in [-0.1, -0.05) is 194 Å². The number of fused-ring (bicyclic) bond motifs is 3. The van der Waals surface area contributed by atoms with Gasteiger partial charge in [0.15, 0.2) is 6.17 Å². The lowest BCUT2D eigenvalue weighted by molar-refractivity contribution is 0.761. The molecule has 0 fully saturated rings. The third-order valence-electron chi connectivity index (χ3n) is 10.5. The molecule has 0 atom stereocenters. The Balaban J connectivity index is 1.19. The third-order valence-corrected chi connectivity index (χ3v) is 10.5. The minimum atomic E-state index is -0.571. The average Bonchev–Trinajstić information content (AvgIpc) is 3.29. The highest BCUT2D eigenvalue weighted by Gasteiger charge is 2.25. The van der Waals surface area contributed by atoms with Crippen LogP contribution in [0.2, 0.25) is 0 Å². The van der Waals surface area contributed by atoms with E-state index in [0.29, 0.717) is 0 Å². The standard InChI is InChI=1S/C52H36N4/c1-5-15-35(16-6-1)37-25-29-41(30-26-37)50-54-51(42-31-27-38(28-32-42)36-17-7-2-8-18-36)56-52(55-50)46-33-43-23-13-14-24-44(43)48-45(39-19-9-3-10-20-39)34-47(53-49(46)48)40-21-11-4-12-22-40/h1-34,52H,(H,54,55,56). The van der Waals surface area contributed by atoms with Crippen molar-refractivity contribution in [2.45, 2.75) is 6.17 Å². The molecule has 4 heteroatoms. The van der Waals surface area contributed by atoms with E-state index in [1.54, 1.807) is 0 Å². The number of amidine groups is 2. The van der Waals surface area contributed by atoms with E-state index in [1.807, 2.05) is 18.2 Å². The first kappa shape index (κ1) is 33.2. The molecule has 0 aliphatic carbocycles. The molecule has 2 heterocycles. The molecule has 1 N–H and O–H groups in total. The van der Waals surface area contributed by atoms with Crippen LogP contribution < -0.4 is 5.32 Å². The van der Waals surface area contributed by atoms with E-state index >= 15 is 0 Å². The van der Waals surface area contributed by atoms with Gasteiger partial charge in [-0.25, -0.2) is 15.0 Å². The highest BCUT2D eigenvalue weighted by Crippen LogP contribution is 2.41. The molecule has 0 spiro atoms. The molecule has 264 valence electrons. The molecule has 4 nitrogen and oxygen atoms in total. The molecule has 0 bridgehead atoms. The zero-order valence-corrected chi connectivity index (χ0v) is 30.5. The SMILES string of the molecule is c1ccc(-c2ccc(C3=NC(c4cc5ccccc5c5c(-c6ccccc6)cc(-c6ccccc6)nc45)N=C(c4ccc(-c5ccccc5)cc4)N3)cc2)cc1. The summed E-state index contributed by atoms with van der Waals surface area (Å²) >= 11 is 0. The monoisotopic (exact) mass is 716 g/mol. The summed E-state index contributed by atoms with van der Waals surface area (Å²) in [6, 6.07) is 72.2. The van der Waals surface area contributed by atoms with Gasteiger partial charge in [0.2, 0.25) is 0 Å². The lowest BCUT2D eigenvalue weighted by Gasteiger charge is -2.24. The van der Waals surface area contributed by atoms with Crippen molar-refractivity contribution in [3.63, 3.8) is 0 Å². The first-order valence-corrected chi connectivity index (χ1v) is 19.0. The van der Waals surface area contributed by atoms with E-state index in [2.05, 4.69) is 193 Å². The summed E-state index contributed by atoms with van der Waals surface area (Å²) in [4.78, 5) is 16.3. The summed E-state index contributed by atoms with van der Waals surface area (Å²) in [7, 11) is 0. The van der Waals surface area contributed by atoms with Gasteiger partial charge in [-0.2, -0.15) is 0 Å². The minimum absolute atomic E-state index is 0.571. The number of benzene rings is 8. The van der Waals surface area contributed by atoms with E-state index in [9.17, 15) is 0 Å². The van der Waals surface area contributed by atoms with Crippen LogP contribution in [0.4, 0.5) is 0 Å².